The summed E-state index contributed by atoms with van der Waals surface area (Å²) in [5.41, 5.74) is 5.27. The Morgan fingerprint density at radius 3 is 2.29 bits per heavy atom. The van der Waals surface area contributed by atoms with Crippen molar-refractivity contribution in [2.75, 3.05) is 0 Å². The molecule has 152 valence electrons. The van der Waals surface area contributed by atoms with Crippen molar-refractivity contribution in [2.24, 2.45) is 11.3 Å². The van der Waals surface area contributed by atoms with Gasteiger partial charge in [-0.25, -0.2) is 0 Å². The van der Waals surface area contributed by atoms with Crippen LogP contribution >= 0.6 is 11.3 Å². The van der Waals surface area contributed by atoms with Crippen molar-refractivity contribution in [2.45, 2.75) is 20.8 Å². The van der Waals surface area contributed by atoms with Crippen LogP contribution in [0.3, 0.4) is 0 Å². The van der Waals surface area contributed by atoms with Gasteiger partial charge >= 0.3 is 0 Å². The van der Waals surface area contributed by atoms with Gasteiger partial charge in [0, 0.05) is 42.7 Å². The average Bonchev–Trinajstić information content (AvgIpc) is 3.16. The van der Waals surface area contributed by atoms with Gasteiger partial charge in [0.2, 0.25) is 0 Å². The Morgan fingerprint density at radius 2 is 1.48 bits per heavy atom. The SMILES string of the molecule is CC(C)(C)C1C=Cc2c(n(-c3ccccc3)c3cc4sc5ccccc5c4cc23)C=C1. The molecule has 1 aliphatic rings. The Kier molecular flexibility index (Phi) is 4.03. The van der Waals surface area contributed by atoms with Gasteiger partial charge in [-0.05, 0) is 41.8 Å². The fourth-order valence-corrected chi connectivity index (χ4v) is 5.90. The molecule has 1 unspecified atom stereocenters. The van der Waals surface area contributed by atoms with E-state index in [1.807, 2.05) is 11.3 Å². The van der Waals surface area contributed by atoms with Crippen molar-refractivity contribution in [3.8, 4) is 5.69 Å². The van der Waals surface area contributed by atoms with E-state index >= 15 is 0 Å². The predicted octanol–water partition coefficient (Wildman–Crippen LogP) is 8.70. The van der Waals surface area contributed by atoms with Gasteiger partial charge in [-0.1, -0.05) is 75.4 Å². The van der Waals surface area contributed by atoms with Crippen molar-refractivity contribution in [3.05, 3.63) is 90.1 Å². The highest BCUT2D eigenvalue weighted by atomic mass is 32.1. The topological polar surface area (TPSA) is 4.93 Å². The molecular formula is C29H25NS. The van der Waals surface area contributed by atoms with Gasteiger partial charge in [-0.15, -0.1) is 11.3 Å². The van der Waals surface area contributed by atoms with Gasteiger partial charge in [0.05, 0.1) is 11.2 Å². The number of aromatic nitrogens is 1. The van der Waals surface area contributed by atoms with Crippen LogP contribution in [0.2, 0.25) is 0 Å². The van der Waals surface area contributed by atoms with E-state index in [1.54, 1.807) is 0 Å². The predicted molar refractivity (Wildman–Crippen MR) is 137 cm³/mol. The van der Waals surface area contributed by atoms with E-state index in [1.165, 1.54) is 48.0 Å². The number of benzene rings is 3. The lowest BCUT2D eigenvalue weighted by atomic mass is 9.80. The third kappa shape index (κ3) is 2.90. The number of para-hydroxylation sites is 1. The molecule has 2 heterocycles. The zero-order valence-corrected chi connectivity index (χ0v) is 18.9. The summed E-state index contributed by atoms with van der Waals surface area (Å²) in [7, 11) is 0. The van der Waals surface area contributed by atoms with Crippen LogP contribution in [-0.2, 0) is 0 Å². The molecule has 0 spiro atoms. The van der Waals surface area contributed by atoms with Gasteiger partial charge in [0.1, 0.15) is 0 Å². The molecule has 2 heteroatoms. The summed E-state index contributed by atoms with van der Waals surface area (Å²) in [5, 5.41) is 4.03. The molecule has 0 saturated carbocycles. The zero-order valence-electron chi connectivity index (χ0n) is 18.1. The van der Waals surface area contributed by atoms with Crippen LogP contribution < -0.4 is 0 Å². The lowest BCUT2D eigenvalue weighted by Gasteiger charge is -2.24. The number of thiophene rings is 1. The summed E-state index contributed by atoms with van der Waals surface area (Å²) in [6, 6.07) is 24.3. The Bertz CT molecular complexity index is 1500. The number of fused-ring (bicyclic) bond motifs is 6. The van der Waals surface area contributed by atoms with Crippen molar-refractivity contribution in [1.29, 1.82) is 0 Å². The smallest absolute Gasteiger partial charge is 0.0555 e. The minimum absolute atomic E-state index is 0.195. The van der Waals surface area contributed by atoms with E-state index in [4.69, 9.17) is 0 Å². The zero-order chi connectivity index (χ0) is 21.2. The van der Waals surface area contributed by atoms with Crippen molar-refractivity contribution >= 4 is 54.6 Å². The van der Waals surface area contributed by atoms with Gasteiger partial charge in [-0.3, -0.25) is 0 Å². The number of hydrogen-bond donors (Lipinski definition) is 0. The summed E-state index contributed by atoms with van der Waals surface area (Å²) < 4.78 is 5.13. The first-order valence-corrected chi connectivity index (χ1v) is 11.7. The number of allylic oxidation sites excluding steroid dienone is 2. The highest BCUT2D eigenvalue weighted by Crippen LogP contribution is 2.42. The molecule has 6 rings (SSSR count). The molecule has 0 fully saturated rings. The molecule has 31 heavy (non-hydrogen) atoms. The lowest BCUT2D eigenvalue weighted by Crippen LogP contribution is -2.15. The Hall–Kier alpha value is -3.10. The molecule has 0 aliphatic heterocycles. The second-order valence-electron chi connectivity index (χ2n) is 9.54. The first-order chi connectivity index (χ1) is 15.0. The van der Waals surface area contributed by atoms with Crippen LogP contribution in [0.15, 0.2) is 78.9 Å². The van der Waals surface area contributed by atoms with E-state index in [-0.39, 0.29) is 5.41 Å². The van der Waals surface area contributed by atoms with Gasteiger partial charge in [-0.2, -0.15) is 0 Å². The lowest BCUT2D eigenvalue weighted by molar-refractivity contribution is 0.345. The average molecular weight is 420 g/mol. The van der Waals surface area contributed by atoms with E-state index in [9.17, 15) is 0 Å². The second-order valence-corrected chi connectivity index (χ2v) is 10.6. The molecule has 0 bridgehead atoms. The molecule has 0 N–H and O–H groups in total. The maximum absolute atomic E-state index is 2.43. The van der Waals surface area contributed by atoms with E-state index in [0.29, 0.717) is 5.92 Å². The number of hydrogen-bond acceptors (Lipinski definition) is 1. The summed E-state index contributed by atoms with van der Waals surface area (Å²) in [4.78, 5) is 0. The van der Waals surface area contributed by atoms with Gasteiger partial charge in [0.25, 0.3) is 0 Å². The van der Waals surface area contributed by atoms with Gasteiger partial charge < -0.3 is 4.57 Å². The molecular weight excluding hydrogens is 394 g/mol. The van der Waals surface area contributed by atoms with Crippen LogP contribution in [-0.4, -0.2) is 4.57 Å². The highest BCUT2D eigenvalue weighted by Gasteiger charge is 2.24. The fraction of sp³-hybridized carbons (Fsp3) is 0.172. The van der Waals surface area contributed by atoms with Gasteiger partial charge in [0.15, 0.2) is 0 Å². The second kappa shape index (κ2) is 6.70. The summed E-state index contributed by atoms with van der Waals surface area (Å²) in [5.74, 6) is 0.407. The molecule has 1 aliphatic carbocycles. The largest absolute Gasteiger partial charge is 0.309 e. The first-order valence-electron chi connectivity index (χ1n) is 10.9. The summed E-state index contributed by atoms with van der Waals surface area (Å²) in [6.45, 7) is 6.94. The van der Waals surface area contributed by atoms with Crippen LogP contribution in [0.25, 0.3) is 48.9 Å². The Morgan fingerprint density at radius 1 is 0.742 bits per heavy atom. The van der Waals surface area contributed by atoms with E-state index in [2.05, 4.69) is 116 Å². The quantitative estimate of drug-likeness (QED) is 0.256. The third-order valence-electron chi connectivity index (χ3n) is 6.49. The fourth-order valence-electron chi connectivity index (χ4n) is 4.78. The van der Waals surface area contributed by atoms with Crippen LogP contribution in [0.1, 0.15) is 32.0 Å². The molecule has 1 atom stereocenters. The molecule has 3 aromatic carbocycles. The maximum atomic E-state index is 2.43. The van der Waals surface area contributed by atoms with Crippen LogP contribution in [0.4, 0.5) is 0 Å². The molecule has 0 radical (unpaired) electrons. The highest BCUT2D eigenvalue weighted by molar-refractivity contribution is 7.25. The van der Waals surface area contributed by atoms with Crippen molar-refractivity contribution in [3.63, 3.8) is 0 Å². The van der Waals surface area contributed by atoms with Crippen LogP contribution in [0, 0.1) is 11.3 Å². The molecule has 2 aromatic heterocycles. The maximum Gasteiger partial charge on any atom is 0.0555 e. The number of rotatable bonds is 1. The summed E-state index contributed by atoms with van der Waals surface area (Å²) in [6.07, 6.45) is 9.45. The van der Waals surface area contributed by atoms with E-state index in [0.717, 1.165) is 0 Å². The first kappa shape index (κ1) is 18.7. The molecule has 5 aromatic rings. The van der Waals surface area contributed by atoms with E-state index < -0.39 is 0 Å². The third-order valence-corrected chi connectivity index (χ3v) is 7.62. The number of nitrogens with zero attached hydrogens (tertiary/aromatic N) is 1. The molecule has 0 saturated heterocycles. The molecule has 0 amide bonds. The monoisotopic (exact) mass is 419 g/mol. The van der Waals surface area contributed by atoms with Crippen molar-refractivity contribution in [1.82, 2.24) is 4.57 Å². The normalized spacial score (nSPS) is 16.3. The minimum atomic E-state index is 0.195. The Labute approximate surface area is 186 Å². The van der Waals surface area contributed by atoms with Crippen LogP contribution in [0.5, 0.6) is 0 Å². The minimum Gasteiger partial charge on any atom is -0.309 e. The standard InChI is InChI=1S/C29H25NS/c1-29(2,3)19-13-15-21-23-17-24-22-11-7-8-12-27(22)31-28(24)18-26(23)30(25(21)16-14-19)20-9-5-4-6-10-20/h4-19H,1-3H3. The summed E-state index contributed by atoms with van der Waals surface area (Å²) >= 11 is 1.88. The molecule has 1 nitrogen and oxygen atoms in total. The Balaban J connectivity index is 1.72. The van der Waals surface area contributed by atoms with Crippen molar-refractivity contribution < 1.29 is 0 Å².